The SMILES string of the molecule is Cn1nc(CO)cc1C(=O)Nc1cc([C@H]2CCCO2)[nH]n1. The van der Waals surface area contributed by atoms with Crippen LogP contribution < -0.4 is 5.32 Å². The first-order chi connectivity index (χ1) is 10.2. The van der Waals surface area contributed by atoms with Gasteiger partial charge in [-0.1, -0.05) is 0 Å². The summed E-state index contributed by atoms with van der Waals surface area (Å²) in [7, 11) is 1.65. The second-order valence-electron chi connectivity index (χ2n) is 4.97. The third-order valence-corrected chi connectivity index (χ3v) is 3.44. The van der Waals surface area contributed by atoms with Gasteiger partial charge in [0.25, 0.3) is 5.91 Å². The van der Waals surface area contributed by atoms with Gasteiger partial charge in [-0.25, -0.2) is 0 Å². The molecule has 3 heterocycles. The standard InChI is InChI=1S/C13H17N5O3/c1-18-10(5-8(7-19)17-18)13(20)14-12-6-9(15-16-12)11-3-2-4-21-11/h5-6,11,19H,2-4,7H2,1H3,(H2,14,15,16,20)/t11-/m1/s1. The fourth-order valence-corrected chi connectivity index (χ4v) is 2.39. The number of aromatic nitrogens is 4. The van der Waals surface area contributed by atoms with Crippen molar-refractivity contribution in [1.29, 1.82) is 0 Å². The van der Waals surface area contributed by atoms with Gasteiger partial charge in [-0.3, -0.25) is 14.6 Å². The monoisotopic (exact) mass is 291 g/mol. The normalized spacial score (nSPS) is 18.1. The van der Waals surface area contributed by atoms with Crippen molar-refractivity contribution in [2.45, 2.75) is 25.6 Å². The molecule has 3 N–H and O–H groups in total. The molecular weight excluding hydrogens is 274 g/mol. The Morgan fingerprint density at radius 2 is 2.48 bits per heavy atom. The minimum atomic E-state index is -0.324. The van der Waals surface area contributed by atoms with Crippen molar-refractivity contribution in [2.24, 2.45) is 7.05 Å². The number of amides is 1. The van der Waals surface area contributed by atoms with E-state index in [1.54, 1.807) is 19.2 Å². The molecule has 1 aliphatic heterocycles. The number of hydrogen-bond acceptors (Lipinski definition) is 5. The number of H-pyrrole nitrogens is 1. The highest BCUT2D eigenvalue weighted by Gasteiger charge is 2.21. The average molecular weight is 291 g/mol. The van der Waals surface area contributed by atoms with Crippen LogP contribution in [0.3, 0.4) is 0 Å². The van der Waals surface area contributed by atoms with E-state index < -0.39 is 0 Å². The van der Waals surface area contributed by atoms with Gasteiger partial charge in [0.15, 0.2) is 5.82 Å². The van der Waals surface area contributed by atoms with Crippen LogP contribution in [-0.2, 0) is 18.4 Å². The molecule has 1 atom stereocenters. The molecule has 0 unspecified atom stereocenters. The predicted octanol–water partition coefficient (Wildman–Crippen LogP) is 0.739. The van der Waals surface area contributed by atoms with Crippen LogP contribution in [-0.4, -0.2) is 37.6 Å². The molecule has 8 heteroatoms. The van der Waals surface area contributed by atoms with Crippen LogP contribution in [0.1, 0.15) is 40.8 Å². The number of ether oxygens (including phenoxy) is 1. The van der Waals surface area contributed by atoms with Crippen LogP contribution >= 0.6 is 0 Å². The number of aliphatic hydroxyl groups excluding tert-OH is 1. The van der Waals surface area contributed by atoms with Crippen LogP contribution in [0.4, 0.5) is 5.82 Å². The quantitative estimate of drug-likeness (QED) is 0.770. The summed E-state index contributed by atoms with van der Waals surface area (Å²) in [6, 6.07) is 3.32. The van der Waals surface area contributed by atoms with E-state index in [0.29, 0.717) is 17.2 Å². The summed E-state index contributed by atoms with van der Waals surface area (Å²) >= 11 is 0. The Hall–Kier alpha value is -2.19. The van der Waals surface area contributed by atoms with Gasteiger partial charge in [0, 0.05) is 19.7 Å². The molecule has 0 aliphatic carbocycles. The molecule has 1 amide bonds. The summed E-state index contributed by atoms with van der Waals surface area (Å²) in [5.41, 5.74) is 1.68. The number of carbonyl (C=O) groups excluding carboxylic acids is 1. The maximum Gasteiger partial charge on any atom is 0.275 e. The smallest absolute Gasteiger partial charge is 0.275 e. The molecular formula is C13H17N5O3. The average Bonchev–Trinajstić information content (AvgIpc) is 3.17. The lowest BCUT2D eigenvalue weighted by molar-refractivity contribution is 0.101. The van der Waals surface area contributed by atoms with Gasteiger partial charge in [-0.05, 0) is 18.9 Å². The highest BCUT2D eigenvalue weighted by molar-refractivity contribution is 6.02. The Morgan fingerprint density at radius 1 is 1.62 bits per heavy atom. The van der Waals surface area contributed by atoms with E-state index in [9.17, 15) is 4.79 Å². The Kier molecular flexibility index (Phi) is 3.72. The summed E-state index contributed by atoms with van der Waals surface area (Å²) in [6.07, 6.45) is 2.02. The maximum atomic E-state index is 12.2. The van der Waals surface area contributed by atoms with Crippen molar-refractivity contribution in [2.75, 3.05) is 11.9 Å². The van der Waals surface area contributed by atoms with E-state index >= 15 is 0 Å². The van der Waals surface area contributed by atoms with Gasteiger partial charge in [0.2, 0.25) is 0 Å². The van der Waals surface area contributed by atoms with Gasteiger partial charge in [-0.2, -0.15) is 10.2 Å². The number of rotatable bonds is 4. The van der Waals surface area contributed by atoms with E-state index in [1.807, 2.05) is 0 Å². The Bertz CT molecular complexity index is 642. The second kappa shape index (κ2) is 5.66. The van der Waals surface area contributed by atoms with Crippen molar-refractivity contribution in [3.63, 3.8) is 0 Å². The molecule has 0 saturated carbocycles. The number of aryl methyl sites for hydroxylation is 1. The van der Waals surface area contributed by atoms with Crippen LogP contribution in [0, 0.1) is 0 Å². The highest BCUT2D eigenvalue weighted by atomic mass is 16.5. The second-order valence-corrected chi connectivity index (χ2v) is 4.97. The minimum absolute atomic E-state index is 0.0286. The molecule has 8 nitrogen and oxygen atoms in total. The van der Waals surface area contributed by atoms with Crippen molar-refractivity contribution in [3.8, 4) is 0 Å². The van der Waals surface area contributed by atoms with Crippen LogP contribution in [0.2, 0.25) is 0 Å². The lowest BCUT2D eigenvalue weighted by Crippen LogP contribution is -2.16. The van der Waals surface area contributed by atoms with Crippen molar-refractivity contribution in [1.82, 2.24) is 20.0 Å². The topological polar surface area (TPSA) is 105 Å². The molecule has 0 bridgehead atoms. The molecule has 112 valence electrons. The predicted molar refractivity (Wildman–Crippen MR) is 73.6 cm³/mol. The van der Waals surface area contributed by atoms with Gasteiger partial charge in [0.05, 0.1) is 24.1 Å². The lowest BCUT2D eigenvalue weighted by atomic mass is 10.2. The first-order valence-corrected chi connectivity index (χ1v) is 6.79. The van der Waals surface area contributed by atoms with E-state index in [4.69, 9.17) is 9.84 Å². The molecule has 2 aromatic rings. The van der Waals surface area contributed by atoms with Gasteiger partial charge in [-0.15, -0.1) is 0 Å². The largest absolute Gasteiger partial charge is 0.390 e. The number of carbonyl (C=O) groups is 1. The van der Waals surface area contributed by atoms with E-state index in [0.717, 1.165) is 25.1 Å². The fourth-order valence-electron chi connectivity index (χ4n) is 2.39. The molecule has 0 radical (unpaired) electrons. The van der Waals surface area contributed by atoms with Gasteiger partial charge >= 0.3 is 0 Å². The zero-order valence-electron chi connectivity index (χ0n) is 11.7. The molecule has 2 aromatic heterocycles. The molecule has 0 spiro atoms. The van der Waals surface area contributed by atoms with Crippen LogP contribution in [0.25, 0.3) is 0 Å². The molecule has 0 aromatic carbocycles. The van der Waals surface area contributed by atoms with Crippen LogP contribution in [0.15, 0.2) is 12.1 Å². The maximum absolute atomic E-state index is 12.2. The van der Waals surface area contributed by atoms with Crippen LogP contribution in [0.5, 0.6) is 0 Å². The number of aliphatic hydroxyl groups is 1. The van der Waals surface area contributed by atoms with Crippen molar-refractivity contribution in [3.05, 3.63) is 29.2 Å². The van der Waals surface area contributed by atoms with E-state index in [1.165, 1.54) is 4.68 Å². The third-order valence-electron chi connectivity index (χ3n) is 3.44. The minimum Gasteiger partial charge on any atom is -0.390 e. The lowest BCUT2D eigenvalue weighted by Gasteiger charge is -2.04. The number of anilines is 1. The summed E-state index contributed by atoms with van der Waals surface area (Å²) in [5.74, 6) is 0.118. The zero-order chi connectivity index (χ0) is 14.8. The molecule has 3 rings (SSSR count). The zero-order valence-corrected chi connectivity index (χ0v) is 11.7. The number of aromatic amines is 1. The Morgan fingerprint density at radius 3 is 3.14 bits per heavy atom. The fraction of sp³-hybridized carbons (Fsp3) is 0.462. The first-order valence-electron chi connectivity index (χ1n) is 6.79. The van der Waals surface area contributed by atoms with Gasteiger partial charge in [0.1, 0.15) is 5.69 Å². The molecule has 21 heavy (non-hydrogen) atoms. The number of nitrogens with zero attached hydrogens (tertiary/aromatic N) is 3. The first kappa shape index (κ1) is 13.8. The van der Waals surface area contributed by atoms with Gasteiger partial charge < -0.3 is 15.2 Å². The van der Waals surface area contributed by atoms with E-state index in [2.05, 4.69) is 20.6 Å². The van der Waals surface area contributed by atoms with Crippen molar-refractivity contribution < 1.29 is 14.6 Å². The van der Waals surface area contributed by atoms with Crippen molar-refractivity contribution >= 4 is 11.7 Å². The summed E-state index contributed by atoms with van der Waals surface area (Å²) in [5, 5.41) is 22.7. The number of hydrogen-bond donors (Lipinski definition) is 3. The molecule has 1 fully saturated rings. The Labute approximate surface area is 121 Å². The summed E-state index contributed by atoms with van der Waals surface area (Å²) in [6.45, 7) is 0.553. The highest BCUT2D eigenvalue weighted by Crippen LogP contribution is 2.28. The summed E-state index contributed by atoms with van der Waals surface area (Å²) in [4.78, 5) is 12.2. The molecule has 1 aliphatic rings. The molecule has 1 saturated heterocycles. The van der Waals surface area contributed by atoms with E-state index in [-0.39, 0.29) is 18.6 Å². The number of nitrogens with one attached hydrogen (secondary N) is 2. The summed E-state index contributed by atoms with van der Waals surface area (Å²) < 4.78 is 6.98. The Balaban J connectivity index is 1.70. The third kappa shape index (κ3) is 2.81.